The molecule has 1 aliphatic rings. The van der Waals surface area contributed by atoms with Crippen molar-refractivity contribution < 1.29 is 9.53 Å². The fraction of sp³-hybridized carbons (Fsp3) is 0.0588. The fourth-order valence-corrected chi connectivity index (χ4v) is 2.29. The molecular weight excluding hydrogens is 328 g/mol. The highest BCUT2D eigenvalue weighted by Crippen LogP contribution is 2.21. The van der Waals surface area contributed by atoms with E-state index < -0.39 is 5.97 Å². The lowest BCUT2D eigenvalue weighted by molar-refractivity contribution is -0.129. The molecule has 3 rings (SSSR count). The second-order valence-corrected chi connectivity index (χ2v) is 5.21. The van der Waals surface area contributed by atoms with Crippen molar-refractivity contribution in [3.8, 4) is 0 Å². The Bertz CT molecular complexity index is 880. The van der Waals surface area contributed by atoms with E-state index in [0.29, 0.717) is 17.1 Å². The molecule has 0 fully saturated rings. The Morgan fingerprint density at radius 2 is 1.88 bits per heavy atom. The lowest BCUT2D eigenvalue weighted by atomic mass is 10.1. The maximum Gasteiger partial charge on any atom is 0.363 e. The third kappa shape index (κ3) is 3.46. The van der Waals surface area contributed by atoms with Crippen molar-refractivity contribution in [1.29, 1.82) is 0 Å². The van der Waals surface area contributed by atoms with Gasteiger partial charge in [-0.25, -0.2) is 9.79 Å². The zero-order chi connectivity index (χ0) is 16.9. The number of esters is 1. The van der Waals surface area contributed by atoms with E-state index in [1.807, 2.05) is 12.1 Å². The third-order valence-corrected chi connectivity index (χ3v) is 3.64. The van der Waals surface area contributed by atoms with Crippen LogP contribution in [0.3, 0.4) is 0 Å². The maximum absolute atomic E-state index is 12.0. The molecular formula is C17H11ClN4O2. The summed E-state index contributed by atoms with van der Waals surface area (Å²) in [7, 11) is 0. The van der Waals surface area contributed by atoms with E-state index in [2.05, 4.69) is 15.0 Å². The maximum atomic E-state index is 12.0. The second-order valence-electron chi connectivity index (χ2n) is 4.95. The Balaban J connectivity index is 1.86. The number of aliphatic imine (C=N–C) groups is 1. The summed E-state index contributed by atoms with van der Waals surface area (Å²) in [6.07, 6.45) is 1.61. The third-order valence-electron chi connectivity index (χ3n) is 3.33. The van der Waals surface area contributed by atoms with Gasteiger partial charge in [-0.3, -0.25) is 0 Å². The van der Waals surface area contributed by atoms with Crippen LogP contribution < -0.4 is 0 Å². The van der Waals surface area contributed by atoms with Crippen molar-refractivity contribution in [2.45, 2.75) is 5.88 Å². The van der Waals surface area contributed by atoms with Crippen LogP contribution in [0.15, 0.2) is 64.3 Å². The number of carbonyl (C=O) groups is 1. The van der Waals surface area contributed by atoms with Gasteiger partial charge in [-0.1, -0.05) is 41.5 Å². The molecule has 2 aromatic rings. The number of cyclic esters (lactones) is 1. The summed E-state index contributed by atoms with van der Waals surface area (Å²) in [5.74, 6) is 0.174. The van der Waals surface area contributed by atoms with E-state index in [9.17, 15) is 4.79 Å². The van der Waals surface area contributed by atoms with Crippen LogP contribution in [-0.2, 0) is 15.4 Å². The second kappa shape index (κ2) is 7.00. The molecule has 24 heavy (non-hydrogen) atoms. The minimum Gasteiger partial charge on any atom is -0.402 e. The molecule has 2 aromatic carbocycles. The number of hydrogen-bond donors (Lipinski definition) is 0. The summed E-state index contributed by atoms with van der Waals surface area (Å²) in [6.45, 7) is 0. The molecule has 118 valence electrons. The van der Waals surface area contributed by atoms with Gasteiger partial charge in [0.2, 0.25) is 5.90 Å². The fourth-order valence-electron chi connectivity index (χ4n) is 2.12. The standard InChI is InChI=1S/C17H11ClN4O2/c18-10-12-1-5-13(6-2-12)16-20-15(17(23)24-16)9-11-3-7-14(8-4-11)21-22-19/h1-9H,10H2. The highest BCUT2D eigenvalue weighted by atomic mass is 35.5. The van der Waals surface area contributed by atoms with E-state index in [4.69, 9.17) is 21.9 Å². The molecule has 0 saturated carbocycles. The molecule has 0 aromatic heterocycles. The molecule has 0 aliphatic carbocycles. The number of nitrogens with zero attached hydrogens (tertiary/aromatic N) is 4. The summed E-state index contributed by atoms with van der Waals surface area (Å²) >= 11 is 5.76. The van der Waals surface area contributed by atoms with Crippen molar-refractivity contribution in [3.05, 3.63) is 81.4 Å². The average molecular weight is 339 g/mol. The first-order valence-corrected chi connectivity index (χ1v) is 7.56. The minimum absolute atomic E-state index is 0.211. The SMILES string of the molecule is [N-]=[N+]=Nc1ccc(C=C2N=C(c3ccc(CCl)cc3)OC2=O)cc1. The van der Waals surface area contributed by atoms with E-state index >= 15 is 0 Å². The highest BCUT2D eigenvalue weighted by Gasteiger charge is 2.23. The zero-order valence-corrected chi connectivity index (χ0v) is 13.1. The summed E-state index contributed by atoms with van der Waals surface area (Å²) in [6, 6.07) is 14.1. The molecule has 0 amide bonds. The van der Waals surface area contributed by atoms with Gasteiger partial charge in [-0.05, 0) is 34.9 Å². The van der Waals surface area contributed by atoms with Crippen molar-refractivity contribution in [2.75, 3.05) is 0 Å². The van der Waals surface area contributed by atoms with Crippen molar-refractivity contribution in [3.63, 3.8) is 0 Å². The number of benzene rings is 2. The van der Waals surface area contributed by atoms with Crippen LogP contribution in [-0.4, -0.2) is 11.9 Å². The Hall–Kier alpha value is -3.08. The van der Waals surface area contributed by atoms with Crippen molar-refractivity contribution in [1.82, 2.24) is 0 Å². The van der Waals surface area contributed by atoms with Crippen LogP contribution >= 0.6 is 11.6 Å². The molecule has 0 N–H and O–H groups in total. The molecule has 0 atom stereocenters. The Labute approximate surface area is 142 Å². The normalized spacial score (nSPS) is 15.0. The van der Waals surface area contributed by atoms with Gasteiger partial charge in [0, 0.05) is 22.0 Å². The van der Waals surface area contributed by atoms with Crippen LogP contribution in [0.2, 0.25) is 0 Å². The summed E-state index contributed by atoms with van der Waals surface area (Å²) in [5, 5.41) is 3.49. The lowest BCUT2D eigenvalue weighted by Gasteiger charge is -2.00. The van der Waals surface area contributed by atoms with Gasteiger partial charge in [0.15, 0.2) is 5.70 Å². The first kappa shape index (κ1) is 15.8. The van der Waals surface area contributed by atoms with E-state index in [-0.39, 0.29) is 11.6 Å². The molecule has 1 heterocycles. The topological polar surface area (TPSA) is 87.4 Å². The van der Waals surface area contributed by atoms with E-state index in [1.54, 1.807) is 42.5 Å². The number of rotatable bonds is 4. The molecule has 1 aliphatic heterocycles. The number of halogens is 1. The van der Waals surface area contributed by atoms with Gasteiger partial charge >= 0.3 is 5.97 Å². The molecule has 6 nitrogen and oxygen atoms in total. The molecule has 0 unspecified atom stereocenters. The lowest BCUT2D eigenvalue weighted by Crippen LogP contribution is -2.05. The van der Waals surface area contributed by atoms with Crippen LogP contribution in [0.5, 0.6) is 0 Å². The van der Waals surface area contributed by atoms with E-state index in [0.717, 1.165) is 11.1 Å². The Morgan fingerprint density at radius 1 is 1.17 bits per heavy atom. The Kier molecular flexibility index (Phi) is 4.61. The molecule has 0 radical (unpaired) electrons. The van der Waals surface area contributed by atoms with Crippen molar-refractivity contribution in [2.24, 2.45) is 10.1 Å². The predicted molar refractivity (Wildman–Crippen MR) is 91.9 cm³/mol. The quantitative estimate of drug-likeness (QED) is 0.202. The molecule has 0 saturated heterocycles. The smallest absolute Gasteiger partial charge is 0.363 e. The number of hydrogen-bond acceptors (Lipinski definition) is 4. The Morgan fingerprint density at radius 3 is 2.50 bits per heavy atom. The largest absolute Gasteiger partial charge is 0.402 e. The van der Waals surface area contributed by atoms with Gasteiger partial charge in [0.1, 0.15) is 0 Å². The summed E-state index contributed by atoms with van der Waals surface area (Å²) < 4.78 is 5.21. The number of azide groups is 1. The van der Waals surface area contributed by atoms with Crippen LogP contribution in [0.25, 0.3) is 16.5 Å². The van der Waals surface area contributed by atoms with Gasteiger partial charge in [0.05, 0.1) is 0 Å². The minimum atomic E-state index is -0.509. The highest BCUT2D eigenvalue weighted by molar-refractivity contribution is 6.17. The van der Waals surface area contributed by atoms with Crippen molar-refractivity contribution >= 4 is 35.2 Å². The van der Waals surface area contributed by atoms with Crippen LogP contribution in [0, 0.1) is 0 Å². The van der Waals surface area contributed by atoms with Gasteiger partial charge in [-0.2, -0.15) is 0 Å². The average Bonchev–Trinajstić information content (AvgIpc) is 2.98. The number of carbonyl (C=O) groups excluding carboxylic acids is 1. The van der Waals surface area contributed by atoms with Gasteiger partial charge in [-0.15, -0.1) is 11.6 Å². The zero-order valence-electron chi connectivity index (χ0n) is 12.4. The molecule has 7 heteroatoms. The van der Waals surface area contributed by atoms with Gasteiger partial charge < -0.3 is 4.74 Å². The van der Waals surface area contributed by atoms with Gasteiger partial charge in [0.25, 0.3) is 0 Å². The van der Waals surface area contributed by atoms with E-state index in [1.165, 1.54) is 0 Å². The molecule has 0 spiro atoms. The predicted octanol–water partition coefficient (Wildman–Crippen LogP) is 4.71. The van der Waals surface area contributed by atoms with Crippen LogP contribution in [0.4, 0.5) is 5.69 Å². The number of alkyl halides is 1. The number of ether oxygens (including phenoxy) is 1. The summed E-state index contributed by atoms with van der Waals surface area (Å²) in [5.41, 5.74) is 11.5. The van der Waals surface area contributed by atoms with Crippen LogP contribution in [0.1, 0.15) is 16.7 Å². The summed E-state index contributed by atoms with van der Waals surface area (Å²) in [4.78, 5) is 18.9. The monoisotopic (exact) mass is 338 g/mol. The molecule has 0 bridgehead atoms. The first-order chi connectivity index (χ1) is 11.7. The first-order valence-electron chi connectivity index (χ1n) is 7.02.